The maximum Gasteiger partial charge on any atom is 0.423 e. The van der Waals surface area contributed by atoms with E-state index < -0.39 is 64.2 Å². The van der Waals surface area contributed by atoms with Gasteiger partial charge in [-0.3, -0.25) is 0 Å². The average Bonchev–Trinajstić information content (AvgIpc) is 2.88. The number of rotatable bonds is 3. The first-order valence-corrected chi connectivity index (χ1v) is 6.46. The van der Waals surface area contributed by atoms with E-state index in [1.165, 1.54) is 0 Å². The van der Waals surface area contributed by atoms with Gasteiger partial charge in [0.1, 0.15) is 0 Å². The SMILES string of the molecule is COc1c(F)c(F)c(CC2C(C)(C)C2(F)C(F)(F)F)c(F)c1F. The summed E-state index contributed by atoms with van der Waals surface area (Å²) >= 11 is 0. The molecule has 2 rings (SSSR count). The summed E-state index contributed by atoms with van der Waals surface area (Å²) in [6.45, 7) is 1.86. The zero-order chi connectivity index (χ0) is 18.0. The Hall–Kier alpha value is -1.54. The topological polar surface area (TPSA) is 9.23 Å². The van der Waals surface area contributed by atoms with Crippen molar-refractivity contribution in [1.82, 2.24) is 0 Å². The lowest BCUT2D eigenvalue weighted by molar-refractivity contribution is -0.206. The molecule has 0 radical (unpaired) electrons. The highest BCUT2D eigenvalue weighted by Gasteiger charge is 2.84. The van der Waals surface area contributed by atoms with E-state index in [1.54, 1.807) is 0 Å². The van der Waals surface area contributed by atoms with Gasteiger partial charge in [-0.25, -0.2) is 13.2 Å². The molecule has 9 heteroatoms. The fraction of sp³-hybridized carbons (Fsp3) is 0.571. The molecule has 0 saturated heterocycles. The third kappa shape index (κ3) is 2.19. The van der Waals surface area contributed by atoms with Gasteiger partial charge in [0.15, 0.2) is 17.4 Å². The highest BCUT2D eigenvalue weighted by Crippen LogP contribution is 2.71. The fourth-order valence-electron chi connectivity index (χ4n) is 2.99. The number of benzene rings is 1. The maximum absolute atomic E-state index is 14.2. The van der Waals surface area contributed by atoms with Crippen molar-refractivity contribution >= 4 is 0 Å². The standard InChI is InChI=1S/C14H12F8O/c1-12(2)6(13(12,19)14(20,21)22)4-5-7(15)9(17)11(23-3)10(18)8(5)16/h6H,4H2,1-3H3. The van der Waals surface area contributed by atoms with Crippen LogP contribution in [0.4, 0.5) is 35.1 Å². The van der Waals surface area contributed by atoms with Crippen LogP contribution in [0, 0.1) is 34.6 Å². The lowest BCUT2D eigenvalue weighted by Crippen LogP contribution is -2.32. The van der Waals surface area contributed by atoms with Crippen LogP contribution in [0.15, 0.2) is 0 Å². The Morgan fingerprint density at radius 2 is 1.39 bits per heavy atom. The molecule has 1 saturated carbocycles. The lowest BCUT2D eigenvalue weighted by atomic mass is 10.0. The Kier molecular flexibility index (Phi) is 3.85. The second-order valence-corrected chi connectivity index (χ2v) is 5.96. The van der Waals surface area contributed by atoms with E-state index in [0.717, 1.165) is 21.0 Å². The molecular formula is C14H12F8O. The quantitative estimate of drug-likeness (QED) is 0.567. The van der Waals surface area contributed by atoms with Crippen LogP contribution in [-0.4, -0.2) is 19.0 Å². The van der Waals surface area contributed by atoms with Gasteiger partial charge in [-0.05, 0) is 6.42 Å². The average molecular weight is 348 g/mol. The van der Waals surface area contributed by atoms with Crippen molar-refractivity contribution in [3.05, 3.63) is 28.8 Å². The number of hydrogen-bond acceptors (Lipinski definition) is 1. The summed E-state index contributed by atoms with van der Waals surface area (Å²) in [6.07, 6.45) is -6.41. The van der Waals surface area contributed by atoms with Crippen LogP contribution in [0.3, 0.4) is 0 Å². The predicted octanol–water partition coefficient (Wildman–Crippen LogP) is 4.72. The third-order valence-corrected chi connectivity index (χ3v) is 4.54. The zero-order valence-corrected chi connectivity index (χ0v) is 12.2. The van der Waals surface area contributed by atoms with Crippen LogP contribution in [0.5, 0.6) is 5.75 Å². The van der Waals surface area contributed by atoms with Crippen molar-refractivity contribution in [3.63, 3.8) is 0 Å². The summed E-state index contributed by atoms with van der Waals surface area (Å²) in [4.78, 5) is 0. The van der Waals surface area contributed by atoms with Crippen LogP contribution in [0.1, 0.15) is 19.4 Å². The molecule has 23 heavy (non-hydrogen) atoms. The molecule has 1 nitrogen and oxygen atoms in total. The first-order chi connectivity index (χ1) is 10.3. The molecule has 1 aliphatic rings. The van der Waals surface area contributed by atoms with E-state index in [-0.39, 0.29) is 0 Å². The van der Waals surface area contributed by atoms with E-state index in [4.69, 9.17) is 0 Å². The minimum Gasteiger partial charge on any atom is -0.491 e. The summed E-state index contributed by atoms with van der Waals surface area (Å²) in [5.41, 5.74) is -6.94. The van der Waals surface area contributed by atoms with E-state index in [1.807, 2.05) is 0 Å². The van der Waals surface area contributed by atoms with Crippen LogP contribution >= 0.6 is 0 Å². The van der Waals surface area contributed by atoms with Crippen molar-refractivity contribution in [3.8, 4) is 5.75 Å². The molecule has 1 aromatic rings. The van der Waals surface area contributed by atoms with Gasteiger partial charge in [0, 0.05) is 16.9 Å². The van der Waals surface area contributed by atoms with Crippen molar-refractivity contribution < 1.29 is 39.9 Å². The normalized spacial score (nSPS) is 26.3. The van der Waals surface area contributed by atoms with Gasteiger partial charge in [-0.1, -0.05) is 13.8 Å². The minimum absolute atomic E-state index is 0.764. The number of halogens is 8. The third-order valence-electron chi connectivity index (χ3n) is 4.54. The first-order valence-electron chi connectivity index (χ1n) is 6.46. The van der Waals surface area contributed by atoms with E-state index in [9.17, 15) is 35.1 Å². The second kappa shape index (κ2) is 4.98. The van der Waals surface area contributed by atoms with Crippen LogP contribution in [-0.2, 0) is 6.42 Å². The van der Waals surface area contributed by atoms with Gasteiger partial charge >= 0.3 is 6.18 Å². The largest absolute Gasteiger partial charge is 0.491 e. The molecule has 0 N–H and O–H groups in total. The van der Waals surface area contributed by atoms with Crippen molar-refractivity contribution in [2.24, 2.45) is 11.3 Å². The Bertz CT molecular complexity index is 622. The van der Waals surface area contributed by atoms with Gasteiger partial charge < -0.3 is 4.74 Å². The Labute approximate surface area is 126 Å². The number of hydrogen-bond donors (Lipinski definition) is 0. The molecular weight excluding hydrogens is 336 g/mol. The van der Waals surface area contributed by atoms with Crippen molar-refractivity contribution in [2.45, 2.75) is 32.1 Å². The summed E-state index contributed by atoms with van der Waals surface area (Å²) in [6, 6.07) is 0. The monoisotopic (exact) mass is 348 g/mol. The summed E-state index contributed by atoms with van der Waals surface area (Å²) in [7, 11) is 0.764. The second-order valence-electron chi connectivity index (χ2n) is 5.96. The zero-order valence-electron chi connectivity index (χ0n) is 12.2. The molecule has 130 valence electrons. The molecule has 0 heterocycles. The molecule has 0 spiro atoms. The van der Waals surface area contributed by atoms with E-state index >= 15 is 0 Å². The van der Waals surface area contributed by atoms with Crippen molar-refractivity contribution in [1.29, 1.82) is 0 Å². The molecule has 2 atom stereocenters. The lowest BCUT2D eigenvalue weighted by Gasteiger charge is -2.15. The van der Waals surface area contributed by atoms with Gasteiger partial charge in [-0.2, -0.15) is 22.0 Å². The van der Waals surface area contributed by atoms with E-state index in [2.05, 4.69) is 4.74 Å². The summed E-state index contributed by atoms with van der Waals surface area (Å²) in [5.74, 6) is -10.7. The maximum atomic E-state index is 14.2. The van der Waals surface area contributed by atoms with Crippen LogP contribution < -0.4 is 4.74 Å². The number of alkyl halides is 4. The molecule has 0 aromatic heterocycles. The number of ether oxygens (including phenoxy) is 1. The molecule has 2 unspecified atom stereocenters. The number of methoxy groups -OCH3 is 1. The molecule has 0 amide bonds. The highest BCUT2D eigenvalue weighted by atomic mass is 19.4. The van der Waals surface area contributed by atoms with E-state index in [0.29, 0.717) is 0 Å². The molecule has 0 bridgehead atoms. The van der Waals surface area contributed by atoms with Crippen LogP contribution in [0.25, 0.3) is 0 Å². The minimum atomic E-state index is -5.27. The smallest absolute Gasteiger partial charge is 0.423 e. The first kappa shape index (κ1) is 17.8. The molecule has 1 aromatic carbocycles. The molecule has 1 aliphatic carbocycles. The van der Waals surface area contributed by atoms with Crippen LogP contribution in [0.2, 0.25) is 0 Å². The van der Waals surface area contributed by atoms with Gasteiger partial charge in [0.05, 0.1) is 7.11 Å². The summed E-state index contributed by atoms with van der Waals surface area (Å²) in [5, 5.41) is 0. The van der Waals surface area contributed by atoms with Gasteiger partial charge in [0.25, 0.3) is 0 Å². The highest BCUT2D eigenvalue weighted by molar-refractivity contribution is 5.37. The fourth-order valence-corrected chi connectivity index (χ4v) is 2.99. The predicted molar refractivity (Wildman–Crippen MR) is 63.7 cm³/mol. The Morgan fingerprint density at radius 3 is 1.70 bits per heavy atom. The molecule has 1 fully saturated rings. The Balaban J connectivity index is 2.48. The van der Waals surface area contributed by atoms with Crippen molar-refractivity contribution in [2.75, 3.05) is 7.11 Å². The Morgan fingerprint density at radius 1 is 0.957 bits per heavy atom. The molecule has 0 aliphatic heterocycles. The van der Waals surface area contributed by atoms with Gasteiger partial charge in [0.2, 0.25) is 17.3 Å². The van der Waals surface area contributed by atoms with Gasteiger partial charge in [-0.15, -0.1) is 0 Å². The summed E-state index contributed by atoms with van der Waals surface area (Å²) < 4.78 is 112.